The zero-order chi connectivity index (χ0) is 23.9. The highest BCUT2D eigenvalue weighted by molar-refractivity contribution is 7.07. The lowest BCUT2D eigenvalue weighted by atomic mass is 9.96. The number of thiazole rings is 1. The molecule has 0 saturated heterocycles. The Hall–Kier alpha value is -2.38. The number of fused-ring (bicyclic) bond motifs is 1. The van der Waals surface area contributed by atoms with Crippen molar-refractivity contribution in [1.29, 1.82) is 0 Å². The van der Waals surface area contributed by atoms with Gasteiger partial charge in [0, 0.05) is 15.1 Å². The second kappa shape index (κ2) is 9.47. The van der Waals surface area contributed by atoms with Gasteiger partial charge in [0.05, 0.1) is 21.9 Å². The van der Waals surface area contributed by atoms with Crippen LogP contribution in [0.4, 0.5) is 0 Å². The molecular formula is C24H19Cl3N2O3S. The number of benzene rings is 2. The van der Waals surface area contributed by atoms with E-state index in [2.05, 4.69) is 4.99 Å². The second-order valence-electron chi connectivity index (χ2n) is 7.72. The van der Waals surface area contributed by atoms with Gasteiger partial charge in [-0.3, -0.25) is 9.36 Å². The highest BCUT2D eigenvalue weighted by atomic mass is 35.5. The third-order valence-corrected chi connectivity index (χ3v) is 6.92. The molecule has 2 aromatic carbocycles. The van der Waals surface area contributed by atoms with Gasteiger partial charge in [-0.05, 0) is 56.2 Å². The lowest BCUT2D eigenvalue weighted by Gasteiger charge is -2.26. The van der Waals surface area contributed by atoms with Crippen molar-refractivity contribution in [3.05, 3.63) is 99.6 Å². The number of esters is 1. The first-order valence-corrected chi connectivity index (χ1v) is 12.1. The molecule has 1 aliphatic heterocycles. The van der Waals surface area contributed by atoms with Gasteiger partial charge in [0.25, 0.3) is 5.56 Å². The summed E-state index contributed by atoms with van der Waals surface area (Å²) in [5.41, 5.74) is 1.71. The van der Waals surface area contributed by atoms with Crippen LogP contribution in [-0.4, -0.2) is 16.6 Å². The monoisotopic (exact) mass is 520 g/mol. The smallest absolute Gasteiger partial charge is 0.338 e. The fourth-order valence-corrected chi connectivity index (χ4v) is 5.35. The van der Waals surface area contributed by atoms with Gasteiger partial charge in [-0.15, -0.1) is 0 Å². The lowest BCUT2D eigenvalue weighted by Crippen LogP contribution is -2.40. The number of halogens is 3. The summed E-state index contributed by atoms with van der Waals surface area (Å²) in [5, 5.41) is 1.36. The predicted octanol–water partition coefficient (Wildman–Crippen LogP) is 5.15. The number of ether oxygens (including phenoxy) is 1. The van der Waals surface area contributed by atoms with E-state index in [1.807, 2.05) is 6.07 Å². The fraction of sp³-hybridized carbons (Fsp3) is 0.208. The third-order valence-electron chi connectivity index (χ3n) is 5.03. The maximum atomic E-state index is 13.6. The Kier molecular flexibility index (Phi) is 6.82. The van der Waals surface area contributed by atoms with E-state index >= 15 is 0 Å². The topological polar surface area (TPSA) is 60.7 Å². The largest absolute Gasteiger partial charge is 0.459 e. The van der Waals surface area contributed by atoms with Gasteiger partial charge >= 0.3 is 5.97 Å². The van der Waals surface area contributed by atoms with Gasteiger partial charge in [0.1, 0.15) is 6.04 Å². The van der Waals surface area contributed by atoms with E-state index in [9.17, 15) is 9.59 Å². The molecule has 33 heavy (non-hydrogen) atoms. The number of hydrogen-bond donors (Lipinski definition) is 0. The zero-order valence-corrected chi connectivity index (χ0v) is 21.0. The molecular weight excluding hydrogens is 503 g/mol. The van der Waals surface area contributed by atoms with Crippen LogP contribution in [0.2, 0.25) is 15.1 Å². The summed E-state index contributed by atoms with van der Waals surface area (Å²) in [6, 6.07) is 11.4. The Morgan fingerprint density at radius 1 is 1.15 bits per heavy atom. The number of aromatic nitrogens is 1. The number of carbonyl (C=O) groups is 1. The van der Waals surface area contributed by atoms with Crippen molar-refractivity contribution in [1.82, 2.24) is 4.57 Å². The minimum absolute atomic E-state index is 0.278. The van der Waals surface area contributed by atoms with Gasteiger partial charge < -0.3 is 4.74 Å². The maximum absolute atomic E-state index is 13.6. The molecule has 2 heterocycles. The highest BCUT2D eigenvalue weighted by Gasteiger charge is 2.34. The van der Waals surface area contributed by atoms with E-state index in [1.54, 1.807) is 63.2 Å². The van der Waals surface area contributed by atoms with Crippen LogP contribution in [-0.2, 0) is 9.53 Å². The van der Waals surface area contributed by atoms with Crippen LogP contribution in [0.3, 0.4) is 0 Å². The van der Waals surface area contributed by atoms with Crippen molar-refractivity contribution in [3.8, 4) is 0 Å². The van der Waals surface area contributed by atoms with Crippen LogP contribution in [0, 0.1) is 0 Å². The molecule has 3 aromatic rings. The summed E-state index contributed by atoms with van der Waals surface area (Å²) in [6.07, 6.45) is 1.36. The molecule has 170 valence electrons. The SMILES string of the molecule is CC1=C(C(=O)OC(C)C)C(c2ccccc2Cl)n2c(sc(=Cc3ccc(Cl)cc3Cl)c2=O)=N1. The van der Waals surface area contributed by atoms with Gasteiger partial charge in [0.15, 0.2) is 4.80 Å². The summed E-state index contributed by atoms with van der Waals surface area (Å²) in [6.45, 7) is 5.26. The Bertz CT molecular complexity index is 1470. The van der Waals surface area contributed by atoms with Gasteiger partial charge in [-0.1, -0.05) is 70.4 Å². The summed E-state index contributed by atoms with van der Waals surface area (Å²) in [4.78, 5) is 31.7. The summed E-state index contributed by atoms with van der Waals surface area (Å²) in [7, 11) is 0. The molecule has 0 N–H and O–H groups in total. The molecule has 0 aliphatic carbocycles. The Labute approximate surface area is 209 Å². The Morgan fingerprint density at radius 2 is 1.88 bits per heavy atom. The normalized spacial score (nSPS) is 16.1. The third kappa shape index (κ3) is 4.66. The van der Waals surface area contributed by atoms with E-state index < -0.39 is 12.0 Å². The molecule has 0 bridgehead atoms. The van der Waals surface area contributed by atoms with Crippen LogP contribution >= 0.6 is 46.1 Å². The van der Waals surface area contributed by atoms with Crippen molar-refractivity contribution in [2.24, 2.45) is 4.99 Å². The molecule has 1 atom stereocenters. The van der Waals surface area contributed by atoms with E-state index in [4.69, 9.17) is 39.5 Å². The summed E-state index contributed by atoms with van der Waals surface area (Å²) < 4.78 is 7.40. The maximum Gasteiger partial charge on any atom is 0.338 e. The molecule has 0 radical (unpaired) electrons. The van der Waals surface area contributed by atoms with E-state index in [-0.39, 0.29) is 17.2 Å². The van der Waals surface area contributed by atoms with Gasteiger partial charge in [-0.25, -0.2) is 9.79 Å². The average molecular weight is 522 g/mol. The van der Waals surface area contributed by atoms with Crippen molar-refractivity contribution in [2.75, 3.05) is 0 Å². The van der Waals surface area contributed by atoms with Crippen molar-refractivity contribution < 1.29 is 9.53 Å². The molecule has 1 unspecified atom stereocenters. The first kappa shape index (κ1) is 23.8. The minimum Gasteiger partial charge on any atom is -0.459 e. The number of allylic oxidation sites excluding steroid dienone is 1. The predicted molar refractivity (Wildman–Crippen MR) is 133 cm³/mol. The first-order valence-electron chi connectivity index (χ1n) is 10.1. The number of hydrogen-bond acceptors (Lipinski definition) is 5. The fourth-order valence-electron chi connectivity index (χ4n) is 3.61. The number of rotatable bonds is 4. The van der Waals surface area contributed by atoms with Gasteiger partial charge in [-0.2, -0.15) is 0 Å². The lowest BCUT2D eigenvalue weighted by molar-refractivity contribution is -0.143. The molecule has 0 fully saturated rings. The summed E-state index contributed by atoms with van der Waals surface area (Å²) in [5.74, 6) is -0.536. The molecule has 4 rings (SSSR count). The second-order valence-corrected chi connectivity index (χ2v) is 9.98. The molecule has 0 amide bonds. The van der Waals surface area contributed by atoms with Crippen molar-refractivity contribution >= 4 is 58.2 Å². The molecule has 0 spiro atoms. The molecule has 1 aliphatic rings. The molecule has 5 nitrogen and oxygen atoms in total. The molecule has 1 aromatic heterocycles. The minimum atomic E-state index is -0.774. The Balaban J connectivity index is 1.98. The van der Waals surface area contributed by atoms with Crippen molar-refractivity contribution in [2.45, 2.75) is 32.9 Å². The van der Waals surface area contributed by atoms with Crippen LogP contribution in [0.15, 0.2) is 63.5 Å². The molecule has 9 heteroatoms. The summed E-state index contributed by atoms with van der Waals surface area (Å²) >= 11 is 20.0. The Morgan fingerprint density at radius 3 is 2.55 bits per heavy atom. The van der Waals surface area contributed by atoms with E-state index in [1.165, 1.54) is 15.9 Å². The highest BCUT2D eigenvalue weighted by Crippen LogP contribution is 2.34. The number of carbonyl (C=O) groups excluding carboxylic acids is 1. The van der Waals surface area contributed by atoms with Crippen LogP contribution in [0.1, 0.15) is 37.9 Å². The van der Waals surface area contributed by atoms with Crippen LogP contribution in [0.5, 0.6) is 0 Å². The van der Waals surface area contributed by atoms with E-state index in [0.29, 0.717) is 41.2 Å². The zero-order valence-electron chi connectivity index (χ0n) is 17.9. The average Bonchev–Trinajstić information content (AvgIpc) is 3.04. The van der Waals surface area contributed by atoms with E-state index in [0.717, 1.165) is 0 Å². The molecule has 0 saturated carbocycles. The van der Waals surface area contributed by atoms with Crippen molar-refractivity contribution in [3.63, 3.8) is 0 Å². The number of nitrogens with zero attached hydrogens (tertiary/aromatic N) is 2. The van der Waals surface area contributed by atoms with Crippen LogP contribution < -0.4 is 14.9 Å². The first-order chi connectivity index (χ1) is 15.7. The standard InChI is InChI=1S/C24H19Cl3N2O3S/c1-12(2)32-23(31)20-13(3)28-24-29(21(20)16-6-4-5-7-17(16)26)22(30)19(33-24)10-14-8-9-15(25)11-18(14)27/h4-12,21H,1-3H3. The van der Waals surface area contributed by atoms with Crippen LogP contribution in [0.25, 0.3) is 6.08 Å². The van der Waals surface area contributed by atoms with Gasteiger partial charge in [0.2, 0.25) is 0 Å². The quantitative estimate of drug-likeness (QED) is 0.446.